The van der Waals surface area contributed by atoms with E-state index in [9.17, 15) is 0 Å². The molecular formula is C10H17N3S. The highest BCUT2D eigenvalue weighted by Crippen LogP contribution is 2.27. The second-order valence-electron chi connectivity index (χ2n) is 4.00. The minimum atomic E-state index is 0.407. The number of nitrogens with zero attached hydrogens (tertiary/aromatic N) is 1. The molecule has 14 heavy (non-hydrogen) atoms. The molecule has 0 saturated carbocycles. The summed E-state index contributed by atoms with van der Waals surface area (Å²) < 4.78 is 0. The number of hydrogen-bond donors (Lipinski definition) is 2. The van der Waals surface area contributed by atoms with Gasteiger partial charge in [0.05, 0.1) is 6.20 Å². The quantitative estimate of drug-likeness (QED) is 0.803. The summed E-state index contributed by atoms with van der Waals surface area (Å²) in [5, 5.41) is 11.3. The standard InChI is InChI=1S/C10H17N3S/c1-7-3-10(6-14-7)13-8(2)9-4-11-12-5-9/h4-5,7-8,10,13H,3,6H2,1-2H3,(H,11,12). The average molecular weight is 211 g/mol. The lowest BCUT2D eigenvalue weighted by molar-refractivity contribution is 0.474. The van der Waals surface area contributed by atoms with E-state index in [0.717, 1.165) is 5.25 Å². The van der Waals surface area contributed by atoms with Gasteiger partial charge in [-0.3, -0.25) is 5.10 Å². The predicted molar refractivity (Wildman–Crippen MR) is 60.5 cm³/mol. The summed E-state index contributed by atoms with van der Waals surface area (Å²) in [6, 6.07) is 1.07. The van der Waals surface area contributed by atoms with Gasteiger partial charge in [0.1, 0.15) is 0 Å². The Morgan fingerprint density at radius 3 is 3.14 bits per heavy atom. The number of aromatic nitrogens is 2. The first kappa shape index (κ1) is 10.1. The van der Waals surface area contributed by atoms with E-state index < -0.39 is 0 Å². The molecule has 1 aromatic heterocycles. The highest BCUT2D eigenvalue weighted by atomic mass is 32.2. The highest BCUT2D eigenvalue weighted by molar-refractivity contribution is 8.00. The molecular weight excluding hydrogens is 194 g/mol. The first-order valence-corrected chi connectivity index (χ1v) is 6.17. The summed E-state index contributed by atoms with van der Waals surface area (Å²) in [7, 11) is 0. The van der Waals surface area contributed by atoms with Crippen molar-refractivity contribution in [3.8, 4) is 0 Å². The number of H-pyrrole nitrogens is 1. The maximum Gasteiger partial charge on any atom is 0.0534 e. The van der Waals surface area contributed by atoms with Crippen LogP contribution >= 0.6 is 11.8 Å². The first-order chi connectivity index (χ1) is 6.75. The number of hydrogen-bond acceptors (Lipinski definition) is 3. The van der Waals surface area contributed by atoms with Crippen LogP contribution in [0.2, 0.25) is 0 Å². The minimum absolute atomic E-state index is 0.407. The maximum atomic E-state index is 3.96. The smallest absolute Gasteiger partial charge is 0.0534 e. The van der Waals surface area contributed by atoms with E-state index >= 15 is 0 Å². The van der Waals surface area contributed by atoms with Crippen LogP contribution in [0.25, 0.3) is 0 Å². The average Bonchev–Trinajstić information content (AvgIpc) is 2.75. The van der Waals surface area contributed by atoms with Gasteiger partial charge in [0.2, 0.25) is 0 Å². The van der Waals surface area contributed by atoms with Crippen LogP contribution in [0, 0.1) is 0 Å². The van der Waals surface area contributed by atoms with E-state index in [1.54, 1.807) is 0 Å². The largest absolute Gasteiger partial charge is 0.306 e. The first-order valence-electron chi connectivity index (χ1n) is 5.12. The SMILES string of the molecule is CC1CC(NC(C)c2cn[nH]c2)CS1. The lowest BCUT2D eigenvalue weighted by Gasteiger charge is -2.17. The van der Waals surface area contributed by atoms with Crippen molar-refractivity contribution in [1.29, 1.82) is 0 Å². The summed E-state index contributed by atoms with van der Waals surface area (Å²) in [6.45, 7) is 4.49. The molecule has 3 atom stereocenters. The zero-order valence-electron chi connectivity index (χ0n) is 8.66. The van der Waals surface area contributed by atoms with Gasteiger partial charge in [-0.25, -0.2) is 0 Å². The van der Waals surface area contributed by atoms with E-state index in [4.69, 9.17) is 0 Å². The van der Waals surface area contributed by atoms with E-state index in [0.29, 0.717) is 12.1 Å². The fourth-order valence-electron chi connectivity index (χ4n) is 1.88. The van der Waals surface area contributed by atoms with E-state index in [-0.39, 0.29) is 0 Å². The van der Waals surface area contributed by atoms with Gasteiger partial charge in [-0.05, 0) is 13.3 Å². The number of thioether (sulfide) groups is 1. The van der Waals surface area contributed by atoms with Crippen molar-refractivity contribution in [2.24, 2.45) is 0 Å². The molecule has 3 unspecified atom stereocenters. The second kappa shape index (κ2) is 4.36. The van der Waals surface area contributed by atoms with Crippen LogP contribution in [0.4, 0.5) is 0 Å². The fourth-order valence-corrected chi connectivity index (χ4v) is 3.04. The molecule has 78 valence electrons. The molecule has 4 heteroatoms. The second-order valence-corrected chi connectivity index (χ2v) is 5.47. The third kappa shape index (κ3) is 2.30. The highest BCUT2D eigenvalue weighted by Gasteiger charge is 2.23. The van der Waals surface area contributed by atoms with Crippen LogP contribution in [0.15, 0.2) is 12.4 Å². The van der Waals surface area contributed by atoms with Crippen molar-refractivity contribution in [2.75, 3.05) is 5.75 Å². The van der Waals surface area contributed by atoms with Crippen LogP contribution in [-0.2, 0) is 0 Å². The van der Waals surface area contributed by atoms with Crippen molar-refractivity contribution in [1.82, 2.24) is 15.5 Å². The van der Waals surface area contributed by atoms with E-state index in [1.807, 2.05) is 12.4 Å². The van der Waals surface area contributed by atoms with Crippen molar-refractivity contribution in [2.45, 2.75) is 37.6 Å². The molecule has 1 aliphatic heterocycles. The third-order valence-electron chi connectivity index (χ3n) is 2.70. The number of nitrogens with one attached hydrogen (secondary N) is 2. The number of rotatable bonds is 3. The minimum Gasteiger partial charge on any atom is -0.306 e. The number of aromatic amines is 1. The Morgan fingerprint density at radius 1 is 1.71 bits per heavy atom. The molecule has 2 N–H and O–H groups in total. The monoisotopic (exact) mass is 211 g/mol. The van der Waals surface area contributed by atoms with Crippen LogP contribution < -0.4 is 5.32 Å². The van der Waals surface area contributed by atoms with Gasteiger partial charge < -0.3 is 5.32 Å². The lowest BCUT2D eigenvalue weighted by atomic mass is 10.1. The van der Waals surface area contributed by atoms with Gasteiger partial charge in [-0.2, -0.15) is 16.9 Å². The molecule has 2 heterocycles. The van der Waals surface area contributed by atoms with Crippen molar-refractivity contribution >= 4 is 11.8 Å². The molecule has 0 aromatic carbocycles. The Bertz CT molecular complexity index is 273. The summed E-state index contributed by atoms with van der Waals surface area (Å²) in [5.74, 6) is 1.24. The van der Waals surface area contributed by atoms with Crippen LogP contribution in [0.3, 0.4) is 0 Å². The fraction of sp³-hybridized carbons (Fsp3) is 0.700. The van der Waals surface area contributed by atoms with Crippen molar-refractivity contribution in [3.63, 3.8) is 0 Å². The van der Waals surface area contributed by atoms with Gasteiger partial charge in [-0.15, -0.1) is 0 Å². The third-order valence-corrected chi connectivity index (χ3v) is 4.06. The molecule has 2 rings (SSSR count). The molecule has 0 spiro atoms. The molecule has 0 aliphatic carbocycles. The molecule has 0 bridgehead atoms. The molecule has 0 amide bonds. The zero-order valence-corrected chi connectivity index (χ0v) is 9.47. The van der Waals surface area contributed by atoms with Gasteiger partial charge in [-0.1, -0.05) is 6.92 Å². The van der Waals surface area contributed by atoms with Gasteiger partial charge in [0, 0.05) is 34.8 Å². The predicted octanol–water partition coefficient (Wildman–Crippen LogP) is 1.95. The normalized spacial score (nSPS) is 29.3. The van der Waals surface area contributed by atoms with Gasteiger partial charge in [0.15, 0.2) is 0 Å². The Morgan fingerprint density at radius 2 is 2.57 bits per heavy atom. The van der Waals surface area contributed by atoms with E-state index in [1.165, 1.54) is 17.7 Å². The summed E-state index contributed by atoms with van der Waals surface area (Å²) in [5.41, 5.74) is 1.24. The Labute approximate surface area is 89.1 Å². The molecule has 1 aliphatic rings. The van der Waals surface area contributed by atoms with Gasteiger partial charge in [0.25, 0.3) is 0 Å². The topological polar surface area (TPSA) is 40.7 Å². The van der Waals surface area contributed by atoms with Crippen molar-refractivity contribution in [3.05, 3.63) is 18.0 Å². The lowest BCUT2D eigenvalue weighted by Crippen LogP contribution is -2.31. The maximum absolute atomic E-state index is 3.96. The van der Waals surface area contributed by atoms with Crippen LogP contribution in [-0.4, -0.2) is 27.2 Å². The molecule has 1 saturated heterocycles. The molecule has 1 fully saturated rings. The van der Waals surface area contributed by atoms with Crippen LogP contribution in [0.1, 0.15) is 31.9 Å². The Hall–Kier alpha value is -0.480. The summed E-state index contributed by atoms with van der Waals surface area (Å²) in [6.07, 6.45) is 5.14. The molecule has 1 aromatic rings. The molecule has 3 nitrogen and oxygen atoms in total. The van der Waals surface area contributed by atoms with Gasteiger partial charge >= 0.3 is 0 Å². The summed E-state index contributed by atoms with van der Waals surface area (Å²) in [4.78, 5) is 0. The van der Waals surface area contributed by atoms with E-state index in [2.05, 4.69) is 41.1 Å². The van der Waals surface area contributed by atoms with Crippen LogP contribution in [0.5, 0.6) is 0 Å². The zero-order chi connectivity index (χ0) is 9.97. The Balaban J connectivity index is 1.86. The summed E-state index contributed by atoms with van der Waals surface area (Å²) >= 11 is 2.06. The van der Waals surface area contributed by atoms with Crippen molar-refractivity contribution < 1.29 is 0 Å². The Kier molecular flexibility index (Phi) is 3.13. The molecule has 0 radical (unpaired) electrons.